The minimum atomic E-state index is -1.11. The fraction of sp³-hybridized carbons (Fsp3) is 0.421. The molecule has 1 N–H and O–H groups in total. The molecule has 0 radical (unpaired) electrons. The highest BCUT2D eigenvalue weighted by molar-refractivity contribution is 8.15. The lowest BCUT2D eigenvalue weighted by molar-refractivity contribution is -0.119. The summed E-state index contributed by atoms with van der Waals surface area (Å²) in [6, 6.07) is 3.06. The maximum Gasteiger partial charge on any atom is 0.338 e. The monoisotopic (exact) mass is 392 g/mol. The number of nitrogens with zero attached hydrogens (tertiary/aromatic N) is 1. The molecular formula is C19H18F2N2O3S. The van der Waals surface area contributed by atoms with Crippen LogP contribution in [-0.4, -0.2) is 34.9 Å². The summed E-state index contributed by atoms with van der Waals surface area (Å²) in [7, 11) is 0. The van der Waals surface area contributed by atoms with Gasteiger partial charge in [-0.1, -0.05) is 23.9 Å². The molecule has 0 aromatic heterocycles. The third kappa shape index (κ3) is 3.90. The topological polar surface area (TPSA) is 67.8 Å². The number of halogens is 2. The third-order valence-corrected chi connectivity index (χ3v) is 6.24. The second-order valence-corrected chi connectivity index (χ2v) is 8.12. The molecule has 1 amide bonds. The van der Waals surface area contributed by atoms with E-state index in [1.807, 2.05) is 0 Å². The van der Waals surface area contributed by atoms with Crippen LogP contribution >= 0.6 is 11.8 Å². The predicted molar refractivity (Wildman–Crippen MR) is 97.4 cm³/mol. The van der Waals surface area contributed by atoms with Crippen molar-refractivity contribution in [3.05, 3.63) is 47.5 Å². The van der Waals surface area contributed by atoms with Crippen molar-refractivity contribution < 1.29 is 23.1 Å². The van der Waals surface area contributed by atoms with Gasteiger partial charge in [-0.05, 0) is 42.9 Å². The van der Waals surface area contributed by atoms with Gasteiger partial charge in [-0.3, -0.25) is 9.79 Å². The SMILES string of the molecule is O=C(OCCC1SC(=NC2CC3C=CC2C3)NC1=O)c1ccc(F)c(F)c1. The number of amides is 1. The zero-order valence-electron chi connectivity index (χ0n) is 14.4. The number of fused-ring (bicyclic) bond motifs is 2. The molecule has 4 atom stereocenters. The number of hydrogen-bond acceptors (Lipinski definition) is 5. The number of aliphatic imine (C=N–C) groups is 1. The fourth-order valence-electron chi connectivity index (χ4n) is 3.67. The Labute approximate surface area is 159 Å². The number of benzene rings is 1. The van der Waals surface area contributed by atoms with Crippen LogP contribution in [-0.2, 0) is 9.53 Å². The van der Waals surface area contributed by atoms with Gasteiger partial charge in [0, 0.05) is 6.42 Å². The summed E-state index contributed by atoms with van der Waals surface area (Å²) in [6.07, 6.45) is 6.94. The molecular weight excluding hydrogens is 374 g/mol. The number of nitrogens with one attached hydrogen (secondary N) is 1. The average molecular weight is 392 g/mol. The molecule has 5 nitrogen and oxygen atoms in total. The van der Waals surface area contributed by atoms with Gasteiger partial charge < -0.3 is 10.1 Å². The van der Waals surface area contributed by atoms with E-state index in [0.29, 0.717) is 23.4 Å². The Balaban J connectivity index is 1.27. The fourth-order valence-corrected chi connectivity index (χ4v) is 4.68. The number of carbonyl (C=O) groups is 2. The Morgan fingerprint density at radius 2 is 2.11 bits per heavy atom. The molecule has 1 saturated heterocycles. The molecule has 0 spiro atoms. The van der Waals surface area contributed by atoms with Crippen LogP contribution in [0.25, 0.3) is 0 Å². The highest BCUT2D eigenvalue weighted by Crippen LogP contribution is 2.41. The predicted octanol–water partition coefficient (Wildman–Crippen LogP) is 3.06. The third-order valence-electron chi connectivity index (χ3n) is 5.07. The molecule has 1 aromatic carbocycles. The van der Waals surface area contributed by atoms with E-state index < -0.39 is 17.6 Å². The van der Waals surface area contributed by atoms with Gasteiger partial charge in [-0.15, -0.1) is 0 Å². The number of ether oxygens (including phenoxy) is 1. The van der Waals surface area contributed by atoms with Crippen LogP contribution in [0.1, 0.15) is 29.6 Å². The number of esters is 1. The Bertz CT molecular complexity index is 842. The molecule has 142 valence electrons. The second-order valence-electron chi connectivity index (χ2n) is 6.93. The summed E-state index contributed by atoms with van der Waals surface area (Å²) in [5.41, 5.74) is -0.0657. The first kappa shape index (κ1) is 18.2. The molecule has 1 saturated carbocycles. The Hall–Kier alpha value is -2.22. The lowest BCUT2D eigenvalue weighted by atomic mass is 10.0. The summed E-state index contributed by atoms with van der Waals surface area (Å²) in [5, 5.41) is 3.04. The number of amidine groups is 1. The zero-order chi connectivity index (χ0) is 19.0. The van der Waals surface area contributed by atoms with E-state index in [2.05, 4.69) is 22.5 Å². The molecule has 27 heavy (non-hydrogen) atoms. The standard InChI is InChI=1S/C19H18F2N2O3S/c20-13-4-3-12(9-14(13)21)18(25)26-6-5-16-17(24)23-19(27-16)22-15-8-10-1-2-11(15)7-10/h1-4,9-11,15-16H,5-8H2,(H,22,23,24). The van der Waals surface area contributed by atoms with E-state index in [4.69, 9.17) is 4.74 Å². The van der Waals surface area contributed by atoms with E-state index in [0.717, 1.165) is 31.0 Å². The number of allylic oxidation sites excluding steroid dienone is 1. The van der Waals surface area contributed by atoms with Crippen LogP contribution in [0.15, 0.2) is 35.3 Å². The number of rotatable bonds is 5. The van der Waals surface area contributed by atoms with Crippen molar-refractivity contribution in [2.75, 3.05) is 6.61 Å². The summed E-state index contributed by atoms with van der Waals surface area (Å²) in [4.78, 5) is 28.6. The summed E-state index contributed by atoms with van der Waals surface area (Å²) < 4.78 is 31.1. The van der Waals surface area contributed by atoms with E-state index in [1.165, 1.54) is 11.8 Å². The Morgan fingerprint density at radius 3 is 2.81 bits per heavy atom. The second kappa shape index (κ2) is 7.42. The minimum absolute atomic E-state index is 0.00700. The maximum absolute atomic E-state index is 13.2. The first-order chi connectivity index (χ1) is 13.0. The molecule has 2 fully saturated rings. The normalized spacial score (nSPS) is 30.1. The van der Waals surface area contributed by atoms with Gasteiger partial charge in [0.1, 0.15) is 0 Å². The van der Waals surface area contributed by atoms with E-state index in [1.54, 1.807) is 0 Å². The molecule has 8 heteroatoms. The minimum Gasteiger partial charge on any atom is -0.462 e. The van der Waals surface area contributed by atoms with Crippen molar-refractivity contribution in [3.8, 4) is 0 Å². The van der Waals surface area contributed by atoms with Gasteiger partial charge in [0.2, 0.25) is 5.91 Å². The van der Waals surface area contributed by atoms with Crippen LogP contribution < -0.4 is 5.32 Å². The Morgan fingerprint density at radius 1 is 1.26 bits per heavy atom. The van der Waals surface area contributed by atoms with Crippen molar-refractivity contribution >= 4 is 28.8 Å². The van der Waals surface area contributed by atoms with E-state index >= 15 is 0 Å². The smallest absolute Gasteiger partial charge is 0.338 e. The lowest BCUT2D eigenvalue weighted by Crippen LogP contribution is -2.27. The van der Waals surface area contributed by atoms with E-state index in [-0.39, 0.29) is 29.4 Å². The van der Waals surface area contributed by atoms with Gasteiger partial charge in [-0.2, -0.15) is 0 Å². The number of thioether (sulfide) groups is 1. The molecule has 1 aliphatic heterocycles. The molecule has 4 unspecified atom stereocenters. The van der Waals surface area contributed by atoms with Crippen molar-refractivity contribution in [1.82, 2.24) is 5.32 Å². The van der Waals surface area contributed by atoms with Gasteiger partial charge in [0.15, 0.2) is 16.8 Å². The number of hydrogen-bond donors (Lipinski definition) is 1. The van der Waals surface area contributed by atoms with E-state index in [9.17, 15) is 18.4 Å². The van der Waals surface area contributed by atoms with Gasteiger partial charge in [0.25, 0.3) is 0 Å². The summed E-state index contributed by atoms with van der Waals surface area (Å²) >= 11 is 1.35. The van der Waals surface area contributed by atoms with Crippen LogP contribution in [0.3, 0.4) is 0 Å². The van der Waals surface area contributed by atoms with Crippen LogP contribution in [0, 0.1) is 23.5 Å². The van der Waals surface area contributed by atoms with Gasteiger partial charge >= 0.3 is 5.97 Å². The maximum atomic E-state index is 13.2. The molecule has 1 aromatic rings. The van der Waals surface area contributed by atoms with Crippen molar-refractivity contribution in [3.63, 3.8) is 0 Å². The van der Waals surface area contributed by atoms with Crippen LogP contribution in [0.2, 0.25) is 0 Å². The zero-order valence-corrected chi connectivity index (χ0v) is 15.2. The van der Waals surface area contributed by atoms with Gasteiger partial charge in [-0.25, -0.2) is 13.6 Å². The molecule has 2 aliphatic carbocycles. The van der Waals surface area contributed by atoms with Crippen molar-refractivity contribution in [2.24, 2.45) is 16.8 Å². The highest BCUT2D eigenvalue weighted by atomic mass is 32.2. The molecule has 3 aliphatic rings. The molecule has 1 heterocycles. The summed E-state index contributed by atoms with van der Waals surface area (Å²) in [5.74, 6) is -1.95. The molecule has 4 rings (SSSR count). The first-order valence-corrected chi connectivity index (χ1v) is 9.73. The van der Waals surface area contributed by atoms with Crippen LogP contribution in [0.4, 0.5) is 8.78 Å². The average Bonchev–Trinajstić information content (AvgIpc) is 3.34. The number of carbonyl (C=O) groups excluding carboxylic acids is 2. The largest absolute Gasteiger partial charge is 0.462 e. The van der Waals surface area contributed by atoms with Crippen molar-refractivity contribution in [2.45, 2.75) is 30.6 Å². The lowest BCUT2D eigenvalue weighted by Gasteiger charge is -2.13. The van der Waals surface area contributed by atoms with Crippen molar-refractivity contribution in [1.29, 1.82) is 0 Å². The highest BCUT2D eigenvalue weighted by Gasteiger charge is 2.37. The van der Waals surface area contributed by atoms with Crippen LogP contribution in [0.5, 0.6) is 0 Å². The summed E-state index contributed by atoms with van der Waals surface area (Å²) in [6.45, 7) is 0.00700. The Kier molecular flexibility index (Phi) is 4.99. The molecule has 2 bridgehead atoms. The van der Waals surface area contributed by atoms with Gasteiger partial charge in [0.05, 0.1) is 23.5 Å². The quantitative estimate of drug-likeness (QED) is 0.618. The first-order valence-electron chi connectivity index (χ1n) is 8.85.